The first-order valence-corrected chi connectivity index (χ1v) is 6.51. The van der Waals surface area contributed by atoms with Crippen molar-refractivity contribution >= 4 is 39.9 Å². The number of hydrogen-bond acceptors (Lipinski definition) is 2. The molecule has 0 radical (unpaired) electrons. The van der Waals surface area contributed by atoms with E-state index in [2.05, 4.69) is 9.97 Å². The highest BCUT2D eigenvalue weighted by Crippen LogP contribution is 2.31. The highest BCUT2D eigenvalue weighted by atomic mass is 35.5. The fourth-order valence-corrected chi connectivity index (χ4v) is 2.60. The molecule has 0 atom stereocenters. The van der Waals surface area contributed by atoms with Crippen LogP contribution < -0.4 is 5.73 Å². The molecule has 3 aromatic rings. The van der Waals surface area contributed by atoms with Crippen molar-refractivity contribution in [1.82, 2.24) is 9.97 Å². The van der Waals surface area contributed by atoms with Crippen LogP contribution >= 0.6 is 23.2 Å². The van der Waals surface area contributed by atoms with E-state index in [4.69, 9.17) is 28.9 Å². The lowest BCUT2D eigenvalue weighted by Gasteiger charge is -2.01. The average Bonchev–Trinajstić information content (AvgIpc) is 2.72. The Morgan fingerprint density at radius 2 is 1.95 bits per heavy atom. The maximum atomic E-state index is 6.25. The maximum absolute atomic E-state index is 6.25. The van der Waals surface area contributed by atoms with Crippen molar-refractivity contribution < 1.29 is 0 Å². The minimum atomic E-state index is 0.549. The molecule has 1 heterocycles. The third-order valence-electron chi connectivity index (χ3n) is 2.96. The lowest BCUT2D eigenvalue weighted by atomic mass is 10.1. The van der Waals surface area contributed by atoms with Crippen LogP contribution in [-0.2, 0) is 0 Å². The van der Waals surface area contributed by atoms with Crippen molar-refractivity contribution in [3.05, 3.63) is 45.9 Å². The SMILES string of the molecule is Cc1ccc(-c2nc3c(N)cc(Cl)cc3[nH]2)c(Cl)c1. The number of nitrogens with one attached hydrogen (secondary N) is 1. The number of aromatic amines is 1. The van der Waals surface area contributed by atoms with E-state index in [1.165, 1.54) is 0 Å². The number of aromatic nitrogens is 2. The van der Waals surface area contributed by atoms with Crippen LogP contribution in [0.25, 0.3) is 22.4 Å². The molecule has 0 spiro atoms. The number of halogens is 2. The van der Waals surface area contributed by atoms with Gasteiger partial charge in [-0.1, -0.05) is 29.3 Å². The molecule has 0 aliphatic carbocycles. The number of nitrogens with zero attached hydrogens (tertiary/aromatic N) is 1. The zero-order chi connectivity index (χ0) is 13.6. The van der Waals surface area contributed by atoms with Gasteiger partial charge in [0.05, 0.1) is 16.2 Å². The molecule has 0 aliphatic rings. The normalized spacial score (nSPS) is 11.1. The molecule has 0 saturated heterocycles. The van der Waals surface area contributed by atoms with E-state index in [0.29, 0.717) is 27.1 Å². The average molecular weight is 292 g/mol. The molecule has 3 nitrogen and oxygen atoms in total. The van der Waals surface area contributed by atoms with E-state index in [1.807, 2.05) is 25.1 Å². The number of H-pyrrole nitrogens is 1. The van der Waals surface area contributed by atoms with Crippen LogP contribution in [0.15, 0.2) is 30.3 Å². The fourth-order valence-electron chi connectivity index (χ4n) is 2.05. The minimum absolute atomic E-state index is 0.549. The quantitative estimate of drug-likeness (QED) is 0.652. The van der Waals surface area contributed by atoms with E-state index in [9.17, 15) is 0 Å². The Morgan fingerprint density at radius 1 is 1.16 bits per heavy atom. The molecule has 96 valence electrons. The van der Waals surface area contributed by atoms with Crippen LogP contribution in [0.4, 0.5) is 5.69 Å². The van der Waals surface area contributed by atoms with Gasteiger partial charge >= 0.3 is 0 Å². The van der Waals surface area contributed by atoms with Crippen LogP contribution in [0.5, 0.6) is 0 Å². The Balaban J connectivity index is 2.23. The highest BCUT2D eigenvalue weighted by Gasteiger charge is 2.11. The Morgan fingerprint density at radius 3 is 2.68 bits per heavy atom. The van der Waals surface area contributed by atoms with Crippen LogP contribution in [0, 0.1) is 6.92 Å². The number of aryl methyl sites for hydroxylation is 1. The van der Waals surface area contributed by atoms with Crippen molar-refractivity contribution in [2.45, 2.75) is 6.92 Å². The number of hydrogen-bond donors (Lipinski definition) is 2. The summed E-state index contributed by atoms with van der Waals surface area (Å²) in [6.07, 6.45) is 0. The molecule has 3 N–H and O–H groups in total. The summed E-state index contributed by atoms with van der Waals surface area (Å²) >= 11 is 12.2. The third-order valence-corrected chi connectivity index (χ3v) is 3.49. The Hall–Kier alpha value is -1.71. The summed E-state index contributed by atoms with van der Waals surface area (Å²) in [5, 5.41) is 1.24. The number of rotatable bonds is 1. The van der Waals surface area contributed by atoms with E-state index in [0.717, 1.165) is 16.6 Å². The second-order valence-electron chi connectivity index (χ2n) is 4.46. The molecular formula is C14H11Cl2N3. The van der Waals surface area contributed by atoms with Gasteiger partial charge in [0.2, 0.25) is 0 Å². The van der Waals surface area contributed by atoms with Crippen molar-refractivity contribution in [1.29, 1.82) is 0 Å². The molecule has 0 bridgehead atoms. The van der Waals surface area contributed by atoms with Gasteiger partial charge in [0, 0.05) is 10.6 Å². The third kappa shape index (κ3) is 2.15. The van der Waals surface area contributed by atoms with Gasteiger partial charge in [0.15, 0.2) is 0 Å². The second-order valence-corrected chi connectivity index (χ2v) is 5.30. The molecule has 3 rings (SSSR count). The van der Waals surface area contributed by atoms with E-state index >= 15 is 0 Å². The molecule has 0 amide bonds. The molecule has 0 aliphatic heterocycles. The molecule has 0 unspecified atom stereocenters. The zero-order valence-electron chi connectivity index (χ0n) is 10.2. The topological polar surface area (TPSA) is 54.7 Å². The fraction of sp³-hybridized carbons (Fsp3) is 0.0714. The summed E-state index contributed by atoms with van der Waals surface area (Å²) in [5.41, 5.74) is 9.92. The van der Waals surface area contributed by atoms with Gasteiger partial charge in [-0.25, -0.2) is 4.98 Å². The molecule has 0 saturated carbocycles. The van der Waals surface area contributed by atoms with Gasteiger partial charge in [-0.05, 0) is 36.8 Å². The van der Waals surface area contributed by atoms with Crippen LogP contribution in [0.3, 0.4) is 0 Å². The number of nitrogens with two attached hydrogens (primary N) is 1. The first-order chi connectivity index (χ1) is 9.04. The van der Waals surface area contributed by atoms with Gasteiger partial charge in [-0.15, -0.1) is 0 Å². The number of fused-ring (bicyclic) bond motifs is 1. The predicted molar refractivity (Wildman–Crippen MR) is 80.7 cm³/mol. The number of imidazole rings is 1. The maximum Gasteiger partial charge on any atom is 0.140 e. The Bertz CT molecular complexity index is 778. The molecule has 2 aromatic carbocycles. The van der Waals surface area contributed by atoms with Crippen molar-refractivity contribution in [2.75, 3.05) is 5.73 Å². The number of nitrogen functional groups attached to an aromatic ring is 1. The number of anilines is 1. The standard InChI is InChI=1S/C14H11Cl2N3/c1-7-2-3-9(10(16)4-7)14-18-12-6-8(15)5-11(17)13(12)19-14/h2-6H,17H2,1H3,(H,18,19). The van der Waals surface area contributed by atoms with Gasteiger partial charge in [0.1, 0.15) is 11.3 Å². The largest absolute Gasteiger partial charge is 0.397 e. The van der Waals surface area contributed by atoms with E-state index in [1.54, 1.807) is 12.1 Å². The summed E-state index contributed by atoms with van der Waals surface area (Å²) in [7, 11) is 0. The van der Waals surface area contributed by atoms with Crippen molar-refractivity contribution in [3.63, 3.8) is 0 Å². The highest BCUT2D eigenvalue weighted by molar-refractivity contribution is 6.33. The van der Waals surface area contributed by atoms with Gasteiger partial charge in [-0.3, -0.25) is 0 Å². The summed E-state index contributed by atoms with van der Waals surface area (Å²) in [5.74, 6) is 0.689. The molecule has 5 heteroatoms. The van der Waals surface area contributed by atoms with E-state index < -0.39 is 0 Å². The zero-order valence-corrected chi connectivity index (χ0v) is 11.7. The first-order valence-electron chi connectivity index (χ1n) is 5.76. The van der Waals surface area contributed by atoms with Crippen molar-refractivity contribution in [3.8, 4) is 11.4 Å². The minimum Gasteiger partial charge on any atom is -0.397 e. The molecular weight excluding hydrogens is 281 g/mol. The number of benzene rings is 2. The van der Waals surface area contributed by atoms with Crippen LogP contribution in [-0.4, -0.2) is 9.97 Å². The summed E-state index contributed by atoms with van der Waals surface area (Å²) < 4.78 is 0. The monoisotopic (exact) mass is 291 g/mol. The van der Waals surface area contributed by atoms with Crippen molar-refractivity contribution in [2.24, 2.45) is 0 Å². The lowest BCUT2D eigenvalue weighted by molar-refractivity contribution is 1.33. The summed E-state index contributed by atoms with van der Waals surface area (Å²) in [6.45, 7) is 1.99. The molecule has 19 heavy (non-hydrogen) atoms. The Labute approximate surface area is 120 Å². The van der Waals surface area contributed by atoms with Crippen LogP contribution in [0.1, 0.15) is 5.56 Å². The molecule has 1 aromatic heterocycles. The summed E-state index contributed by atoms with van der Waals surface area (Å²) in [4.78, 5) is 7.68. The molecule has 0 fully saturated rings. The predicted octanol–water partition coefficient (Wildman–Crippen LogP) is 4.43. The smallest absolute Gasteiger partial charge is 0.140 e. The second kappa shape index (κ2) is 4.44. The van der Waals surface area contributed by atoms with Gasteiger partial charge in [-0.2, -0.15) is 0 Å². The first kappa shape index (κ1) is 12.3. The Kier molecular flexibility index (Phi) is 2.88. The van der Waals surface area contributed by atoms with Gasteiger partial charge < -0.3 is 10.7 Å². The lowest BCUT2D eigenvalue weighted by Crippen LogP contribution is -1.86. The summed E-state index contributed by atoms with van der Waals surface area (Å²) in [6, 6.07) is 9.31. The van der Waals surface area contributed by atoms with Crippen LogP contribution in [0.2, 0.25) is 10.0 Å². The van der Waals surface area contributed by atoms with E-state index in [-0.39, 0.29) is 0 Å². The van der Waals surface area contributed by atoms with Gasteiger partial charge in [0.25, 0.3) is 0 Å².